The van der Waals surface area contributed by atoms with Gasteiger partial charge in [-0.25, -0.2) is 0 Å². The van der Waals surface area contributed by atoms with Crippen LogP contribution in [-0.4, -0.2) is 129 Å². The first-order valence-electron chi connectivity index (χ1n) is 23.3. The van der Waals surface area contributed by atoms with Gasteiger partial charge in [-0.2, -0.15) is 5.10 Å². The number of nitrogens with one attached hydrogen (secondary N) is 1. The number of phenols is 3. The molecule has 0 aromatic heterocycles. The van der Waals surface area contributed by atoms with Crippen LogP contribution in [0.3, 0.4) is 0 Å². The van der Waals surface area contributed by atoms with Crippen molar-refractivity contribution in [3.8, 4) is 28.7 Å². The van der Waals surface area contributed by atoms with Crippen LogP contribution in [0.4, 0.5) is 5.69 Å². The molecule has 0 spiro atoms. The highest BCUT2D eigenvalue weighted by Crippen LogP contribution is 2.55. The second kappa shape index (κ2) is 21.2. The van der Waals surface area contributed by atoms with Crippen LogP contribution in [0.5, 0.6) is 28.7 Å². The number of aliphatic hydroxyl groups is 2. The van der Waals surface area contributed by atoms with E-state index in [1.807, 2.05) is 43.1 Å². The van der Waals surface area contributed by atoms with Crippen LogP contribution >= 0.6 is 0 Å². The van der Waals surface area contributed by atoms with Crippen molar-refractivity contribution in [3.63, 3.8) is 0 Å². The molecular weight excluding hydrogens is 889 g/mol. The summed E-state index contributed by atoms with van der Waals surface area (Å²) in [7, 11) is 3.08. The lowest BCUT2D eigenvalue weighted by Crippen LogP contribution is -2.54. The Bertz CT molecular complexity index is 2540. The minimum Gasteiger partial charge on any atom is -0.507 e. The Balaban J connectivity index is 1.48. The van der Waals surface area contributed by atoms with Gasteiger partial charge in [0.1, 0.15) is 29.1 Å². The van der Waals surface area contributed by atoms with Gasteiger partial charge in [-0.1, -0.05) is 64.1 Å². The van der Waals surface area contributed by atoms with Gasteiger partial charge < -0.3 is 54.5 Å². The van der Waals surface area contributed by atoms with Gasteiger partial charge in [0.25, 0.3) is 11.7 Å². The number of methoxy groups -OCH3 is 2. The third-order valence-electron chi connectivity index (χ3n) is 13.9. The number of rotatable bonds is 7. The summed E-state index contributed by atoms with van der Waals surface area (Å²) < 4.78 is 29.4. The molecule has 6 N–H and O–H groups in total. The molecule has 17 heteroatoms. The van der Waals surface area contributed by atoms with E-state index in [4.69, 9.17) is 28.8 Å². The molecule has 4 aliphatic heterocycles. The molecule has 0 saturated carbocycles. The second-order valence-corrected chi connectivity index (χ2v) is 18.9. The Labute approximate surface area is 403 Å². The standard InChI is InChI=1S/C52H68N4O13/c1-26-16-15-17-27(2)51(64)54-42-36(22-53-56-28(3)23-55(24-29(56)4)25-35-18-13-14-19-38(35)66-12)46(61)39-40(47(42)62)45(60)33(8)49-41(39)50(63)52(10,69-49)67-21-20-37(65-11)30(5)48(68-34(9)57)32(7)44(59)31(6)43(26)58/h13-22,26,28-32,37,43-44,48,58-62H,23-25H2,1-12H3,(H,54,64)/t26-,28-,29+,30+,31-,32-,37+,43-,44-,48+,52+/m1/s1. The maximum atomic E-state index is 14.7. The van der Waals surface area contributed by atoms with Gasteiger partial charge >= 0.3 is 11.8 Å². The summed E-state index contributed by atoms with van der Waals surface area (Å²) in [6, 6.07) is 7.52. The molecule has 17 nitrogen and oxygen atoms in total. The Morgan fingerprint density at radius 3 is 2.22 bits per heavy atom. The van der Waals surface area contributed by atoms with Crippen LogP contribution in [0.1, 0.15) is 89.4 Å². The number of esters is 1. The number of aliphatic hydroxyl groups excluding tert-OH is 2. The number of allylic oxidation sites excluding steroid dienone is 2. The number of fused-ring (bicyclic) bond motifs is 14. The van der Waals surface area contributed by atoms with Crippen molar-refractivity contribution in [2.24, 2.45) is 28.8 Å². The molecule has 3 aromatic carbocycles. The minimum absolute atomic E-state index is 0.0432. The summed E-state index contributed by atoms with van der Waals surface area (Å²) >= 11 is 0. The molecule has 3 aromatic rings. The predicted octanol–water partition coefficient (Wildman–Crippen LogP) is 6.69. The number of ketones is 1. The van der Waals surface area contributed by atoms with Crippen LogP contribution in [0.25, 0.3) is 10.8 Å². The van der Waals surface area contributed by atoms with Gasteiger partial charge in [0, 0.05) is 86.3 Å². The molecule has 1 saturated heterocycles. The number of para-hydroxylation sites is 1. The Hall–Kier alpha value is -6.14. The van der Waals surface area contributed by atoms with Crippen LogP contribution in [-0.2, 0) is 30.3 Å². The first-order chi connectivity index (χ1) is 32.6. The van der Waals surface area contributed by atoms with Crippen LogP contribution in [0, 0.1) is 30.6 Å². The molecule has 0 radical (unpaired) electrons. The van der Waals surface area contributed by atoms with E-state index in [-0.39, 0.29) is 56.6 Å². The van der Waals surface area contributed by atoms with Crippen molar-refractivity contribution < 1.29 is 63.6 Å². The van der Waals surface area contributed by atoms with E-state index in [1.165, 1.54) is 59.4 Å². The van der Waals surface area contributed by atoms with Gasteiger partial charge in [0.15, 0.2) is 5.75 Å². The lowest BCUT2D eigenvalue weighted by atomic mass is 9.78. The lowest BCUT2D eigenvalue weighted by molar-refractivity contribution is -0.160. The summed E-state index contributed by atoms with van der Waals surface area (Å²) in [6.45, 7) is 18.4. The van der Waals surface area contributed by atoms with E-state index in [0.717, 1.165) is 11.3 Å². The largest absolute Gasteiger partial charge is 0.507 e. The topological polar surface area (TPSA) is 229 Å². The van der Waals surface area contributed by atoms with E-state index in [2.05, 4.69) is 10.2 Å². The van der Waals surface area contributed by atoms with Crippen molar-refractivity contribution in [3.05, 3.63) is 82.7 Å². The number of carbonyl (C=O) groups excluding carboxylic acids is 3. The second-order valence-electron chi connectivity index (χ2n) is 18.9. The summed E-state index contributed by atoms with van der Waals surface area (Å²) in [5.74, 6) is -7.76. The molecular formula is C52H68N4O13. The zero-order chi connectivity index (χ0) is 50.8. The highest BCUT2D eigenvalue weighted by atomic mass is 16.7. The summed E-state index contributed by atoms with van der Waals surface area (Å²) in [4.78, 5) is 43.4. The molecule has 4 aliphatic rings. The van der Waals surface area contributed by atoms with Gasteiger partial charge in [0.05, 0.1) is 72.2 Å². The quantitative estimate of drug-likeness (QED) is 0.0627. The number of hydrogen-bond donors (Lipinski definition) is 6. The van der Waals surface area contributed by atoms with E-state index < -0.39 is 88.8 Å². The number of Topliss-reactive ketones (excluding diaryl/α,β-unsaturated/α-hetero) is 1. The van der Waals surface area contributed by atoms with Crippen molar-refractivity contribution in [1.29, 1.82) is 0 Å². The average Bonchev–Trinajstić information content (AvgIpc) is 3.57. The van der Waals surface area contributed by atoms with Gasteiger partial charge in [-0.3, -0.25) is 24.3 Å². The number of hydrogen-bond acceptors (Lipinski definition) is 16. The highest BCUT2D eigenvalue weighted by molar-refractivity contribution is 6.23. The highest BCUT2D eigenvalue weighted by Gasteiger charge is 2.50. The van der Waals surface area contributed by atoms with Crippen molar-refractivity contribution >= 4 is 40.3 Å². The Morgan fingerprint density at radius 1 is 0.913 bits per heavy atom. The van der Waals surface area contributed by atoms with E-state index in [1.54, 1.807) is 47.0 Å². The summed E-state index contributed by atoms with van der Waals surface area (Å²) in [6.07, 6.45) is 4.83. The number of ether oxygens (including phenoxy) is 5. The number of anilines is 1. The lowest BCUT2D eigenvalue weighted by Gasteiger charge is -2.43. The number of nitrogens with zero attached hydrogens (tertiary/aromatic N) is 3. The average molecular weight is 957 g/mol. The van der Waals surface area contributed by atoms with Gasteiger partial charge in [-0.15, -0.1) is 0 Å². The number of hydrazone groups is 1. The Morgan fingerprint density at radius 2 is 1.58 bits per heavy atom. The zero-order valence-corrected chi connectivity index (χ0v) is 41.5. The van der Waals surface area contributed by atoms with Crippen LogP contribution in [0.15, 0.2) is 65.5 Å². The molecule has 11 atom stereocenters. The zero-order valence-electron chi connectivity index (χ0n) is 41.5. The third kappa shape index (κ3) is 10.4. The van der Waals surface area contributed by atoms with Crippen LogP contribution < -0.4 is 14.8 Å². The van der Waals surface area contributed by atoms with E-state index >= 15 is 0 Å². The maximum Gasteiger partial charge on any atom is 0.312 e. The fourth-order valence-corrected chi connectivity index (χ4v) is 9.85. The third-order valence-corrected chi connectivity index (χ3v) is 13.9. The van der Waals surface area contributed by atoms with Gasteiger partial charge in [-0.05, 0) is 39.8 Å². The van der Waals surface area contributed by atoms with Crippen molar-refractivity contribution in [1.82, 2.24) is 9.91 Å². The summed E-state index contributed by atoms with van der Waals surface area (Å²) in [5, 5.41) is 68.2. The monoisotopic (exact) mass is 956 g/mol. The molecule has 1 fully saturated rings. The number of amides is 1. The number of aromatic hydroxyl groups is 3. The summed E-state index contributed by atoms with van der Waals surface area (Å²) in [5.41, 5.74) is 0.595. The molecule has 0 aliphatic carbocycles. The number of carbonyl (C=O) groups is 3. The van der Waals surface area contributed by atoms with Gasteiger partial charge in [0.2, 0.25) is 0 Å². The maximum absolute atomic E-state index is 14.7. The van der Waals surface area contributed by atoms with Crippen molar-refractivity contribution in [2.45, 2.75) is 118 Å². The number of phenolic OH excluding ortho intramolecular Hbond substituents is 3. The van der Waals surface area contributed by atoms with Crippen LogP contribution in [0.2, 0.25) is 0 Å². The predicted molar refractivity (Wildman–Crippen MR) is 260 cm³/mol. The normalized spacial score (nSPS) is 29.5. The molecule has 374 valence electrons. The smallest absolute Gasteiger partial charge is 0.312 e. The SMILES string of the molecule is COc1ccccc1CN1C[C@@H](C)N(N=Cc2c3c(O)c4c(O)c(C)c5c(c4c2O)C(=O)[C@@](C)(OC=C[C@H](OC)[C@H](C)[C@H](OC(C)=O)[C@H](C)[C@H](O)[C@H](C)[C@H](O)[C@H](C)C=CC=C(C)C(=O)N3)O5)[C@@H](C)C1. The fourth-order valence-electron chi connectivity index (χ4n) is 9.85. The first-order valence-corrected chi connectivity index (χ1v) is 23.3. The molecule has 0 unspecified atom stereocenters. The van der Waals surface area contributed by atoms with Crippen molar-refractivity contribution in [2.75, 3.05) is 32.6 Å². The number of piperazine rings is 1. The first kappa shape index (κ1) is 52.2. The minimum atomic E-state index is -2.08. The Kier molecular flexibility index (Phi) is 16.1. The molecule has 7 rings (SSSR count). The molecule has 1 amide bonds. The molecule has 69 heavy (non-hydrogen) atoms. The molecule has 5 bridgehead atoms. The van der Waals surface area contributed by atoms with E-state index in [0.29, 0.717) is 19.6 Å². The molecule has 4 heterocycles. The fraction of sp³-hybridized carbons (Fsp3) is 0.500. The van der Waals surface area contributed by atoms with E-state index in [9.17, 15) is 39.9 Å². The number of benzene rings is 3.